The van der Waals surface area contributed by atoms with Gasteiger partial charge in [0, 0.05) is 19.6 Å². The van der Waals surface area contributed by atoms with E-state index in [1.54, 1.807) is 0 Å². The Morgan fingerprint density at radius 3 is 2.84 bits per heavy atom. The monoisotopic (exact) mass is 346 g/mol. The number of rotatable bonds is 5. The van der Waals surface area contributed by atoms with Crippen LogP contribution in [-0.4, -0.2) is 42.1 Å². The molecule has 0 aromatic carbocycles. The van der Waals surface area contributed by atoms with Crippen LogP contribution in [0.5, 0.6) is 0 Å². The largest absolute Gasteiger partial charge is 0.465 e. The van der Waals surface area contributed by atoms with Gasteiger partial charge in [0.15, 0.2) is 0 Å². The van der Waals surface area contributed by atoms with Crippen molar-refractivity contribution >= 4 is 5.91 Å². The van der Waals surface area contributed by atoms with Crippen LogP contribution in [0.25, 0.3) is 0 Å². The highest BCUT2D eigenvalue weighted by molar-refractivity contribution is 5.81. The molecule has 5 nitrogen and oxygen atoms in total. The molecule has 3 heterocycles. The van der Waals surface area contributed by atoms with Crippen LogP contribution in [-0.2, 0) is 16.1 Å². The van der Waals surface area contributed by atoms with Crippen LogP contribution < -0.4 is 5.32 Å². The molecule has 3 fully saturated rings. The average Bonchev–Trinajstić information content (AvgIpc) is 3.18. The van der Waals surface area contributed by atoms with Gasteiger partial charge in [-0.1, -0.05) is 6.92 Å². The second kappa shape index (κ2) is 6.76. The van der Waals surface area contributed by atoms with Crippen LogP contribution in [0.2, 0.25) is 0 Å². The van der Waals surface area contributed by atoms with Crippen molar-refractivity contribution in [1.29, 1.82) is 0 Å². The second-order valence-electron chi connectivity index (χ2n) is 8.30. The Hall–Kier alpha value is -1.33. The number of furan rings is 1. The molecule has 1 saturated carbocycles. The summed E-state index contributed by atoms with van der Waals surface area (Å²) in [5.74, 6) is 3.25. The standard InChI is InChI=1S/C20H30N2O3/c1-14-12-22(13-17-6-3-15(2)24-17)10-9-20(14)8-7-18(25-20)19(23)21-11-16-4-5-16/h3,6,14,16,18H,4-5,7-13H2,1-2H3,(H,21,23)/t14-,18+,20+/m0/s1. The van der Waals surface area contributed by atoms with Gasteiger partial charge in [0.2, 0.25) is 5.91 Å². The molecule has 1 aromatic rings. The fraction of sp³-hybridized carbons (Fsp3) is 0.750. The molecule has 0 radical (unpaired) electrons. The Bertz CT molecular complexity index is 624. The van der Waals surface area contributed by atoms with E-state index in [4.69, 9.17) is 9.15 Å². The van der Waals surface area contributed by atoms with Gasteiger partial charge in [-0.2, -0.15) is 0 Å². The van der Waals surface area contributed by atoms with Crippen molar-refractivity contribution in [2.75, 3.05) is 19.6 Å². The smallest absolute Gasteiger partial charge is 0.249 e. The molecular formula is C20H30N2O3. The molecule has 1 spiro atoms. The molecule has 0 bridgehead atoms. The van der Waals surface area contributed by atoms with Crippen LogP contribution in [0.1, 0.15) is 50.5 Å². The fourth-order valence-electron chi connectivity index (χ4n) is 4.36. The molecule has 5 heteroatoms. The molecule has 2 aliphatic heterocycles. The van der Waals surface area contributed by atoms with E-state index in [-0.39, 0.29) is 17.6 Å². The van der Waals surface area contributed by atoms with Crippen molar-refractivity contribution in [3.05, 3.63) is 23.7 Å². The van der Waals surface area contributed by atoms with E-state index in [0.29, 0.717) is 11.8 Å². The summed E-state index contributed by atoms with van der Waals surface area (Å²) >= 11 is 0. The number of hydrogen-bond acceptors (Lipinski definition) is 4. The molecule has 3 atom stereocenters. The van der Waals surface area contributed by atoms with Crippen molar-refractivity contribution in [3.8, 4) is 0 Å². The van der Waals surface area contributed by atoms with Crippen LogP contribution >= 0.6 is 0 Å². The third-order valence-electron chi connectivity index (χ3n) is 6.22. The van der Waals surface area contributed by atoms with Crippen LogP contribution in [0.4, 0.5) is 0 Å². The maximum absolute atomic E-state index is 12.4. The Morgan fingerprint density at radius 1 is 1.32 bits per heavy atom. The molecule has 0 unspecified atom stereocenters. The van der Waals surface area contributed by atoms with Crippen molar-refractivity contribution in [3.63, 3.8) is 0 Å². The third-order valence-corrected chi connectivity index (χ3v) is 6.22. The molecule has 25 heavy (non-hydrogen) atoms. The number of carbonyl (C=O) groups is 1. The lowest BCUT2D eigenvalue weighted by Crippen LogP contribution is -2.51. The third kappa shape index (κ3) is 3.77. The summed E-state index contributed by atoms with van der Waals surface area (Å²) in [5.41, 5.74) is -0.114. The fourth-order valence-corrected chi connectivity index (χ4v) is 4.36. The van der Waals surface area contributed by atoms with Crippen molar-refractivity contribution in [2.45, 2.75) is 64.2 Å². The van der Waals surface area contributed by atoms with Crippen molar-refractivity contribution in [2.24, 2.45) is 11.8 Å². The van der Waals surface area contributed by atoms with E-state index in [0.717, 1.165) is 57.0 Å². The van der Waals surface area contributed by atoms with Crippen molar-refractivity contribution < 1.29 is 13.9 Å². The van der Waals surface area contributed by atoms with Gasteiger partial charge in [0.05, 0.1) is 12.1 Å². The number of carbonyl (C=O) groups excluding carboxylic acids is 1. The van der Waals surface area contributed by atoms with Gasteiger partial charge in [-0.25, -0.2) is 0 Å². The van der Waals surface area contributed by atoms with E-state index in [1.165, 1.54) is 12.8 Å². The Labute approximate surface area is 150 Å². The predicted molar refractivity (Wildman–Crippen MR) is 95.1 cm³/mol. The normalized spacial score (nSPS) is 33.0. The minimum absolute atomic E-state index is 0.101. The number of amides is 1. The second-order valence-corrected chi connectivity index (χ2v) is 8.30. The van der Waals surface area contributed by atoms with Crippen molar-refractivity contribution in [1.82, 2.24) is 10.2 Å². The number of nitrogens with zero attached hydrogens (tertiary/aromatic N) is 1. The first kappa shape index (κ1) is 17.1. The minimum atomic E-state index is -0.250. The molecule has 138 valence electrons. The molecule has 2 saturated heterocycles. The number of nitrogens with one attached hydrogen (secondary N) is 1. The quantitative estimate of drug-likeness (QED) is 0.891. The van der Waals surface area contributed by atoms with Gasteiger partial charge < -0.3 is 14.5 Å². The maximum Gasteiger partial charge on any atom is 0.249 e. The highest BCUT2D eigenvalue weighted by atomic mass is 16.5. The molecule has 1 N–H and O–H groups in total. The highest BCUT2D eigenvalue weighted by Crippen LogP contribution is 2.42. The van der Waals surface area contributed by atoms with Crippen LogP contribution in [0, 0.1) is 18.8 Å². The van der Waals surface area contributed by atoms with Crippen LogP contribution in [0.3, 0.4) is 0 Å². The molecule has 3 aliphatic rings. The van der Waals surface area contributed by atoms with Gasteiger partial charge in [-0.15, -0.1) is 0 Å². The summed E-state index contributed by atoms with van der Waals surface area (Å²) in [6.45, 7) is 7.94. The molecule has 1 amide bonds. The predicted octanol–water partition coefficient (Wildman–Crippen LogP) is 2.87. The zero-order chi connectivity index (χ0) is 17.4. The molecular weight excluding hydrogens is 316 g/mol. The minimum Gasteiger partial charge on any atom is -0.465 e. The zero-order valence-corrected chi connectivity index (χ0v) is 15.4. The zero-order valence-electron chi connectivity index (χ0n) is 15.4. The lowest BCUT2D eigenvalue weighted by Gasteiger charge is -2.44. The first-order chi connectivity index (χ1) is 12.0. The summed E-state index contributed by atoms with van der Waals surface area (Å²) in [5, 5.41) is 3.08. The number of hydrogen-bond donors (Lipinski definition) is 1. The molecule has 1 aromatic heterocycles. The van der Waals surface area contributed by atoms with E-state index in [9.17, 15) is 4.79 Å². The number of aryl methyl sites for hydroxylation is 1. The number of ether oxygens (including phenoxy) is 1. The lowest BCUT2D eigenvalue weighted by atomic mass is 9.80. The molecule has 1 aliphatic carbocycles. The topological polar surface area (TPSA) is 54.7 Å². The summed E-state index contributed by atoms with van der Waals surface area (Å²) < 4.78 is 12.1. The number of piperidine rings is 1. The van der Waals surface area contributed by atoms with Gasteiger partial charge in [0.25, 0.3) is 0 Å². The lowest BCUT2D eigenvalue weighted by molar-refractivity contribution is -0.147. The van der Waals surface area contributed by atoms with E-state index < -0.39 is 0 Å². The first-order valence-electron chi connectivity index (χ1n) is 9.77. The van der Waals surface area contributed by atoms with Gasteiger partial charge >= 0.3 is 0 Å². The summed E-state index contributed by atoms with van der Waals surface area (Å²) in [4.78, 5) is 14.8. The van der Waals surface area contributed by atoms with E-state index in [2.05, 4.69) is 23.2 Å². The average molecular weight is 346 g/mol. The van der Waals surface area contributed by atoms with Gasteiger partial charge in [0.1, 0.15) is 17.6 Å². The summed E-state index contributed by atoms with van der Waals surface area (Å²) in [7, 11) is 0. The molecule has 4 rings (SSSR count). The Kier molecular flexibility index (Phi) is 4.63. The Balaban J connectivity index is 1.30. The van der Waals surface area contributed by atoms with E-state index in [1.807, 2.05) is 13.0 Å². The highest BCUT2D eigenvalue weighted by Gasteiger charge is 2.48. The van der Waals surface area contributed by atoms with Crippen LogP contribution in [0.15, 0.2) is 16.5 Å². The summed E-state index contributed by atoms with van der Waals surface area (Å²) in [6, 6.07) is 4.09. The first-order valence-corrected chi connectivity index (χ1v) is 9.77. The number of likely N-dealkylation sites (tertiary alicyclic amines) is 1. The maximum atomic E-state index is 12.4. The summed E-state index contributed by atoms with van der Waals surface area (Å²) in [6.07, 6.45) is 5.14. The van der Waals surface area contributed by atoms with Gasteiger partial charge in [-0.3, -0.25) is 9.69 Å². The van der Waals surface area contributed by atoms with Gasteiger partial charge in [-0.05, 0) is 63.0 Å². The van der Waals surface area contributed by atoms with E-state index >= 15 is 0 Å². The Morgan fingerprint density at radius 2 is 2.16 bits per heavy atom. The SMILES string of the molecule is Cc1ccc(CN2CC[C@]3(CC[C@H](C(=O)NCC4CC4)O3)[C@@H](C)C2)o1.